The first-order valence-corrected chi connectivity index (χ1v) is 6.70. The number of para-hydroxylation sites is 1. The van der Waals surface area contributed by atoms with Gasteiger partial charge >= 0.3 is 0 Å². The molecule has 19 heavy (non-hydrogen) atoms. The van der Waals surface area contributed by atoms with Gasteiger partial charge < -0.3 is 15.1 Å². The molecule has 4 heteroatoms. The minimum absolute atomic E-state index is 0.00772. The van der Waals surface area contributed by atoms with Crippen LogP contribution in [0.2, 0.25) is 0 Å². The third-order valence-electron chi connectivity index (χ3n) is 3.71. The van der Waals surface area contributed by atoms with Gasteiger partial charge in [-0.25, -0.2) is 4.98 Å². The lowest BCUT2D eigenvalue weighted by atomic mass is 10.1. The minimum atomic E-state index is -0.200. The second kappa shape index (κ2) is 5.15. The van der Waals surface area contributed by atoms with Crippen molar-refractivity contribution >= 4 is 16.7 Å². The zero-order valence-corrected chi connectivity index (χ0v) is 10.8. The lowest BCUT2D eigenvalue weighted by Crippen LogP contribution is -2.36. The number of aliphatic hydroxyl groups is 2. The fraction of sp³-hybridized carbons (Fsp3) is 0.400. The van der Waals surface area contributed by atoms with Crippen molar-refractivity contribution in [2.75, 3.05) is 18.0 Å². The Balaban J connectivity index is 2.01. The minimum Gasteiger partial charge on any atom is -0.393 e. The molecule has 1 aliphatic heterocycles. The van der Waals surface area contributed by atoms with E-state index in [1.54, 1.807) is 0 Å². The summed E-state index contributed by atoms with van der Waals surface area (Å²) >= 11 is 0. The fourth-order valence-electron chi connectivity index (χ4n) is 2.62. The number of anilines is 1. The second-order valence-corrected chi connectivity index (χ2v) is 5.04. The van der Waals surface area contributed by atoms with E-state index in [0.717, 1.165) is 48.2 Å². The van der Waals surface area contributed by atoms with Gasteiger partial charge in [-0.3, -0.25) is 0 Å². The molecule has 0 unspecified atom stereocenters. The monoisotopic (exact) mass is 258 g/mol. The number of pyridine rings is 1. The van der Waals surface area contributed by atoms with Gasteiger partial charge in [0.1, 0.15) is 5.82 Å². The Morgan fingerprint density at radius 1 is 1.21 bits per heavy atom. The first-order chi connectivity index (χ1) is 9.28. The average molecular weight is 258 g/mol. The van der Waals surface area contributed by atoms with Gasteiger partial charge in [0, 0.05) is 24.0 Å². The van der Waals surface area contributed by atoms with E-state index in [2.05, 4.69) is 9.88 Å². The van der Waals surface area contributed by atoms with E-state index >= 15 is 0 Å². The normalized spacial score (nSPS) is 17.1. The summed E-state index contributed by atoms with van der Waals surface area (Å²) in [5.74, 6) is 0.855. The SMILES string of the molecule is OCc1cc2ccccc2nc1N1CCC(O)CC1. The van der Waals surface area contributed by atoms with E-state index in [1.165, 1.54) is 0 Å². The van der Waals surface area contributed by atoms with Gasteiger partial charge in [-0.15, -0.1) is 0 Å². The molecule has 2 aromatic rings. The molecule has 3 rings (SSSR count). The lowest BCUT2D eigenvalue weighted by molar-refractivity contribution is 0.145. The van der Waals surface area contributed by atoms with E-state index in [9.17, 15) is 10.2 Å². The van der Waals surface area contributed by atoms with Crippen LogP contribution in [0.1, 0.15) is 18.4 Å². The maximum absolute atomic E-state index is 9.58. The van der Waals surface area contributed by atoms with E-state index in [1.807, 2.05) is 30.3 Å². The van der Waals surface area contributed by atoms with Gasteiger partial charge in [-0.05, 0) is 25.0 Å². The van der Waals surface area contributed by atoms with Gasteiger partial charge in [-0.2, -0.15) is 0 Å². The summed E-state index contributed by atoms with van der Waals surface area (Å²) in [6.45, 7) is 1.57. The van der Waals surface area contributed by atoms with Gasteiger partial charge in [0.05, 0.1) is 18.2 Å². The summed E-state index contributed by atoms with van der Waals surface area (Å²) < 4.78 is 0. The van der Waals surface area contributed by atoms with E-state index in [0.29, 0.717) is 0 Å². The van der Waals surface area contributed by atoms with Crippen molar-refractivity contribution < 1.29 is 10.2 Å². The highest BCUT2D eigenvalue weighted by Crippen LogP contribution is 2.26. The summed E-state index contributed by atoms with van der Waals surface area (Å²) in [5.41, 5.74) is 1.80. The Kier molecular flexibility index (Phi) is 3.36. The molecule has 0 bridgehead atoms. The van der Waals surface area contributed by atoms with E-state index < -0.39 is 0 Å². The molecule has 1 aromatic carbocycles. The fourth-order valence-corrected chi connectivity index (χ4v) is 2.62. The van der Waals surface area contributed by atoms with Crippen molar-refractivity contribution in [3.05, 3.63) is 35.9 Å². The topological polar surface area (TPSA) is 56.6 Å². The molecule has 100 valence electrons. The third kappa shape index (κ3) is 2.41. The quantitative estimate of drug-likeness (QED) is 0.860. The standard InChI is InChI=1S/C15H18N2O2/c18-10-12-9-11-3-1-2-4-14(11)16-15(12)17-7-5-13(19)6-8-17/h1-4,9,13,18-19H,5-8,10H2. The van der Waals surface area contributed by atoms with Gasteiger partial charge in [0.2, 0.25) is 0 Å². The highest BCUT2D eigenvalue weighted by Gasteiger charge is 2.20. The van der Waals surface area contributed by atoms with Crippen LogP contribution in [0, 0.1) is 0 Å². The van der Waals surface area contributed by atoms with E-state index in [-0.39, 0.29) is 12.7 Å². The van der Waals surface area contributed by atoms with Crippen LogP contribution in [-0.2, 0) is 6.61 Å². The lowest BCUT2D eigenvalue weighted by Gasteiger charge is -2.31. The van der Waals surface area contributed by atoms with Crippen molar-refractivity contribution in [1.82, 2.24) is 4.98 Å². The van der Waals surface area contributed by atoms with Crippen LogP contribution < -0.4 is 4.90 Å². The number of aromatic nitrogens is 1. The zero-order chi connectivity index (χ0) is 13.2. The van der Waals surface area contributed by atoms with Crippen LogP contribution in [0.25, 0.3) is 10.9 Å². The number of hydrogen-bond donors (Lipinski definition) is 2. The van der Waals surface area contributed by atoms with Crippen molar-refractivity contribution in [1.29, 1.82) is 0 Å². The molecule has 0 radical (unpaired) electrons. The van der Waals surface area contributed by atoms with Crippen molar-refractivity contribution in [2.24, 2.45) is 0 Å². The van der Waals surface area contributed by atoms with Crippen LogP contribution in [0.15, 0.2) is 30.3 Å². The van der Waals surface area contributed by atoms with E-state index in [4.69, 9.17) is 0 Å². The number of rotatable bonds is 2. The third-order valence-corrected chi connectivity index (χ3v) is 3.71. The first kappa shape index (κ1) is 12.4. The Labute approximate surface area is 112 Å². The number of nitrogens with zero attached hydrogens (tertiary/aromatic N) is 2. The molecule has 0 aliphatic carbocycles. The molecule has 1 fully saturated rings. The second-order valence-electron chi connectivity index (χ2n) is 5.04. The molecule has 4 nitrogen and oxygen atoms in total. The molecule has 0 saturated carbocycles. The Hall–Kier alpha value is -1.65. The van der Waals surface area contributed by atoms with Gasteiger partial charge in [0.25, 0.3) is 0 Å². The molecule has 0 amide bonds. The van der Waals surface area contributed by atoms with Gasteiger partial charge in [-0.1, -0.05) is 18.2 Å². The summed E-state index contributed by atoms with van der Waals surface area (Å²) in [5, 5.41) is 20.2. The Morgan fingerprint density at radius 2 is 1.95 bits per heavy atom. The van der Waals surface area contributed by atoms with Crippen molar-refractivity contribution in [3.63, 3.8) is 0 Å². The summed E-state index contributed by atoms with van der Waals surface area (Å²) in [4.78, 5) is 6.84. The number of benzene rings is 1. The predicted molar refractivity (Wildman–Crippen MR) is 75.1 cm³/mol. The smallest absolute Gasteiger partial charge is 0.134 e. The Bertz CT molecular complexity index is 577. The summed E-state index contributed by atoms with van der Waals surface area (Å²) in [6, 6.07) is 9.94. The summed E-state index contributed by atoms with van der Waals surface area (Å²) in [6.07, 6.45) is 1.33. The van der Waals surface area contributed by atoms with Gasteiger partial charge in [0.15, 0.2) is 0 Å². The van der Waals surface area contributed by atoms with Crippen LogP contribution in [0.3, 0.4) is 0 Å². The number of fused-ring (bicyclic) bond motifs is 1. The number of aliphatic hydroxyl groups excluding tert-OH is 2. The molecular formula is C15H18N2O2. The number of piperidine rings is 1. The number of hydrogen-bond acceptors (Lipinski definition) is 4. The van der Waals surface area contributed by atoms with Crippen LogP contribution >= 0.6 is 0 Å². The highest BCUT2D eigenvalue weighted by atomic mass is 16.3. The van der Waals surface area contributed by atoms with Crippen molar-refractivity contribution in [3.8, 4) is 0 Å². The molecule has 1 saturated heterocycles. The first-order valence-electron chi connectivity index (χ1n) is 6.70. The molecule has 0 atom stereocenters. The summed E-state index contributed by atoms with van der Waals surface area (Å²) in [7, 11) is 0. The molecular weight excluding hydrogens is 240 g/mol. The molecule has 1 aromatic heterocycles. The average Bonchev–Trinajstić information content (AvgIpc) is 2.46. The Morgan fingerprint density at radius 3 is 2.68 bits per heavy atom. The molecule has 1 aliphatic rings. The molecule has 2 N–H and O–H groups in total. The highest BCUT2D eigenvalue weighted by molar-refractivity contribution is 5.81. The molecule has 2 heterocycles. The maximum Gasteiger partial charge on any atom is 0.134 e. The van der Waals surface area contributed by atoms with Crippen LogP contribution in [0.5, 0.6) is 0 Å². The maximum atomic E-state index is 9.58. The van der Waals surface area contributed by atoms with Crippen molar-refractivity contribution in [2.45, 2.75) is 25.6 Å². The predicted octanol–water partition coefficient (Wildman–Crippen LogP) is 1.69. The molecule has 0 spiro atoms. The van der Waals surface area contributed by atoms with Crippen LogP contribution in [0.4, 0.5) is 5.82 Å². The zero-order valence-electron chi connectivity index (χ0n) is 10.8. The van der Waals surface area contributed by atoms with Crippen LogP contribution in [-0.4, -0.2) is 34.4 Å². The largest absolute Gasteiger partial charge is 0.393 e.